The van der Waals surface area contributed by atoms with Crippen LogP contribution in [0.1, 0.15) is 23.7 Å². The fourth-order valence-electron chi connectivity index (χ4n) is 3.47. The number of halogens is 3. The SMILES string of the molecule is C[C@@H]1NC(c2[nH]c(=O)ccc2F)=N[C@@]1(c1ccc(F)cc1)c1ccc(F)nc1. The third kappa shape index (κ3) is 2.87. The summed E-state index contributed by atoms with van der Waals surface area (Å²) in [6.07, 6.45) is 1.34. The highest BCUT2D eigenvalue weighted by Crippen LogP contribution is 2.40. The number of benzene rings is 1. The Morgan fingerprint density at radius 2 is 1.68 bits per heavy atom. The van der Waals surface area contributed by atoms with Crippen LogP contribution in [0.15, 0.2) is 64.5 Å². The number of aromatic amines is 1. The molecule has 0 fully saturated rings. The van der Waals surface area contributed by atoms with E-state index in [1.54, 1.807) is 12.1 Å². The van der Waals surface area contributed by atoms with Crippen molar-refractivity contribution in [3.8, 4) is 0 Å². The summed E-state index contributed by atoms with van der Waals surface area (Å²) in [6.45, 7) is 1.81. The van der Waals surface area contributed by atoms with Gasteiger partial charge in [-0.15, -0.1) is 0 Å². The quantitative estimate of drug-likeness (QED) is 0.683. The van der Waals surface area contributed by atoms with Gasteiger partial charge in [-0.2, -0.15) is 4.39 Å². The number of hydrogen-bond donors (Lipinski definition) is 2. The largest absolute Gasteiger partial charge is 0.363 e. The predicted molar refractivity (Wildman–Crippen MR) is 97.5 cm³/mol. The first kappa shape index (κ1) is 18.0. The molecule has 0 radical (unpaired) electrons. The maximum Gasteiger partial charge on any atom is 0.248 e. The van der Waals surface area contributed by atoms with E-state index >= 15 is 0 Å². The molecular formula is C20H15F3N4O. The first-order chi connectivity index (χ1) is 13.4. The van der Waals surface area contributed by atoms with Gasteiger partial charge in [0.1, 0.15) is 22.9 Å². The van der Waals surface area contributed by atoms with Crippen LogP contribution in [-0.2, 0) is 5.54 Å². The van der Waals surface area contributed by atoms with Crippen LogP contribution in [0.2, 0.25) is 0 Å². The Morgan fingerprint density at radius 3 is 2.36 bits per heavy atom. The maximum atomic E-state index is 14.3. The lowest BCUT2D eigenvalue weighted by molar-refractivity contribution is 0.449. The minimum Gasteiger partial charge on any atom is -0.363 e. The first-order valence-corrected chi connectivity index (χ1v) is 8.54. The van der Waals surface area contributed by atoms with Crippen molar-refractivity contribution >= 4 is 5.84 Å². The Bertz CT molecular complexity index is 1060. The van der Waals surface area contributed by atoms with E-state index in [9.17, 15) is 18.0 Å². The molecular weight excluding hydrogens is 369 g/mol. The number of H-pyrrole nitrogens is 1. The second kappa shape index (κ2) is 6.63. The Kier molecular flexibility index (Phi) is 4.26. The van der Waals surface area contributed by atoms with Gasteiger partial charge in [0.25, 0.3) is 0 Å². The molecule has 0 spiro atoms. The fourth-order valence-corrected chi connectivity index (χ4v) is 3.47. The molecule has 0 aliphatic carbocycles. The van der Waals surface area contributed by atoms with Crippen LogP contribution in [0, 0.1) is 17.6 Å². The fraction of sp³-hybridized carbons (Fsp3) is 0.150. The minimum absolute atomic E-state index is 0.0848. The lowest BCUT2D eigenvalue weighted by Gasteiger charge is -2.31. The zero-order valence-corrected chi connectivity index (χ0v) is 14.7. The zero-order chi connectivity index (χ0) is 19.9. The Labute approximate surface area is 158 Å². The summed E-state index contributed by atoms with van der Waals surface area (Å²) in [4.78, 5) is 22.5. The van der Waals surface area contributed by atoms with Gasteiger partial charge in [-0.25, -0.2) is 18.8 Å². The molecule has 3 aromatic rings. The molecule has 8 heteroatoms. The van der Waals surface area contributed by atoms with Gasteiger partial charge in [0, 0.05) is 17.8 Å². The molecule has 5 nitrogen and oxygen atoms in total. The number of rotatable bonds is 3. The molecule has 3 heterocycles. The summed E-state index contributed by atoms with van der Waals surface area (Å²) in [6, 6.07) is 10.1. The van der Waals surface area contributed by atoms with Crippen LogP contribution >= 0.6 is 0 Å². The average Bonchev–Trinajstić information content (AvgIpc) is 3.03. The Hall–Kier alpha value is -3.42. The van der Waals surface area contributed by atoms with E-state index in [-0.39, 0.29) is 11.5 Å². The lowest BCUT2D eigenvalue weighted by Crippen LogP contribution is -2.41. The van der Waals surface area contributed by atoms with Crippen LogP contribution in [-0.4, -0.2) is 21.8 Å². The molecule has 4 rings (SSSR count). The average molecular weight is 384 g/mol. The second-order valence-electron chi connectivity index (χ2n) is 6.51. The van der Waals surface area contributed by atoms with E-state index in [1.807, 2.05) is 6.92 Å². The van der Waals surface area contributed by atoms with Gasteiger partial charge in [0.15, 0.2) is 5.82 Å². The lowest BCUT2D eigenvalue weighted by atomic mass is 9.79. The number of hydrogen-bond acceptors (Lipinski definition) is 4. The standard InChI is InChI=1S/C20H15F3N4O/c1-11-20(12-2-5-14(21)6-3-12,13-4-8-16(23)24-10-13)27-19(25-11)18-15(22)7-9-17(28)26-18/h2-11H,1H3,(H,25,27)(H,26,28)/t11-,20-/m0/s1. The van der Waals surface area contributed by atoms with Gasteiger partial charge in [0.2, 0.25) is 11.5 Å². The van der Waals surface area contributed by atoms with E-state index < -0.39 is 34.7 Å². The van der Waals surface area contributed by atoms with E-state index in [1.165, 1.54) is 30.5 Å². The minimum atomic E-state index is -1.12. The van der Waals surface area contributed by atoms with Gasteiger partial charge < -0.3 is 10.3 Å². The highest BCUT2D eigenvalue weighted by atomic mass is 19.1. The number of pyridine rings is 2. The molecule has 0 unspecified atom stereocenters. The van der Waals surface area contributed by atoms with Crippen molar-refractivity contribution in [2.45, 2.75) is 18.5 Å². The first-order valence-electron chi connectivity index (χ1n) is 8.54. The van der Waals surface area contributed by atoms with Gasteiger partial charge in [-0.05, 0) is 36.8 Å². The molecule has 2 aromatic heterocycles. The van der Waals surface area contributed by atoms with Crippen molar-refractivity contribution in [2.75, 3.05) is 0 Å². The van der Waals surface area contributed by atoms with Crippen molar-refractivity contribution in [3.63, 3.8) is 0 Å². The smallest absolute Gasteiger partial charge is 0.248 e. The van der Waals surface area contributed by atoms with Crippen molar-refractivity contribution in [2.24, 2.45) is 4.99 Å². The van der Waals surface area contributed by atoms with Crippen LogP contribution in [0.5, 0.6) is 0 Å². The monoisotopic (exact) mass is 384 g/mol. The van der Waals surface area contributed by atoms with Gasteiger partial charge in [0.05, 0.1) is 6.04 Å². The molecule has 2 N–H and O–H groups in total. The Morgan fingerprint density at radius 1 is 0.964 bits per heavy atom. The van der Waals surface area contributed by atoms with E-state index in [4.69, 9.17) is 0 Å². The zero-order valence-electron chi connectivity index (χ0n) is 14.7. The highest BCUT2D eigenvalue weighted by molar-refractivity contribution is 5.99. The van der Waals surface area contributed by atoms with Crippen LogP contribution in [0.3, 0.4) is 0 Å². The number of amidine groups is 1. The third-order valence-electron chi connectivity index (χ3n) is 4.82. The highest BCUT2D eigenvalue weighted by Gasteiger charge is 2.45. The van der Waals surface area contributed by atoms with E-state index in [0.717, 1.165) is 12.1 Å². The van der Waals surface area contributed by atoms with Gasteiger partial charge in [-0.3, -0.25) is 4.79 Å². The van der Waals surface area contributed by atoms with E-state index in [0.29, 0.717) is 11.1 Å². The molecule has 0 amide bonds. The Balaban J connectivity index is 1.96. The van der Waals surface area contributed by atoms with Crippen LogP contribution in [0.4, 0.5) is 13.2 Å². The van der Waals surface area contributed by atoms with E-state index in [2.05, 4.69) is 20.3 Å². The van der Waals surface area contributed by atoms with Crippen molar-refractivity contribution < 1.29 is 13.2 Å². The van der Waals surface area contributed by atoms with Crippen LogP contribution < -0.4 is 10.9 Å². The summed E-state index contributed by atoms with van der Waals surface area (Å²) in [5.74, 6) is -1.59. The number of aliphatic imine (C=N–C) groups is 1. The van der Waals surface area contributed by atoms with Gasteiger partial charge >= 0.3 is 0 Å². The summed E-state index contributed by atoms with van der Waals surface area (Å²) < 4.78 is 41.2. The number of aromatic nitrogens is 2. The molecule has 1 aromatic carbocycles. The third-order valence-corrected chi connectivity index (χ3v) is 4.82. The predicted octanol–water partition coefficient (Wildman–Crippen LogP) is 2.87. The molecule has 0 saturated carbocycles. The van der Waals surface area contributed by atoms with Crippen molar-refractivity contribution in [1.82, 2.24) is 15.3 Å². The normalized spacial score (nSPS) is 21.3. The molecule has 28 heavy (non-hydrogen) atoms. The molecule has 142 valence electrons. The van der Waals surface area contributed by atoms with Gasteiger partial charge in [-0.1, -0.05) is 18.2 Å². The summed E-state index contributed by atoms with van der Waals surface area (Å²) in [5, 5.41) is 3.08. The number of nitrogens with one attached hydrogen (secondary N) is 2. The van der Waals surface area contributed by atoms with Crippen molar-refractivity contribution in [3.05, 3.63) is 99.5 Å². The number of nitrogens with zero attached hydrogens (tertiary/aromatic N) is 2. The van der Waals surface area contributed by atoms with Crippen LogP contribution in [0.25, 0.3) is 0 Å². The topological polar surface area (TPSA) is 70.1 Å². The van der Waals surface area contributed by atoms with Crippen molar-refractivity contribution in [1.29, 1.82) is 0 Å². The molecule has 0 saturated heterocycles. The molecule has 1 aliphatic rings. The summed E-state index contributed by atoms with van der Waals surface area (Å²) >= 11 is 0. The maximum absolute atomic E-state index is 14.3. The molecule has 2 atom stereocenters. The molecule has 0 bridgehead atoms. The molecule has 1 aliphatic heterocycles. The second-order valence-corrected chi connectivity index (χ2v) is 6.51. The summed E-state index contributed by atoms with van der Waals surface area (Å²) in [7, 11) is 0. The summed E-state index contributed by atoms with van der Waals surface area (Å²) in [5.41, 5.74) is -0.539.